The average Bonchev–Trinajstić information content (AvgIpc) is 2.51. The highest BCUT2D eigenvalue weighted by atomic mass is 15.0. The second-order valence-corrected chi connectivity index (χ2v) is 3.50. The van der Waals surface area contributed by atoms with Gasteiger partial charge < -0.3 is 10.3 Å². The van der Waals surface area contributed by atoms with Crippen LogP contribution in [0.4, 0.5) is 0 Å². The fourth-order valence-electron chi connectivity index (χ4n) is 1.02. The first-order valence-corrected chi connectivity index (χ1v) is 4.43. The molecule has 0 spiro atoms. The zero-order chi connectivity index (χ0) is 8.97. The van der Waals surface area contributed by atoms with Crippen molar-refractivity contribution in [3.8, 4) is 0 Å². The summed E-state index contributed by atoms with van der Waals surface area (Å²) in [6, 6.07) is 0.322. The monoisotopic (exact) mass is 167 g/mol. The minimum absolute atomic E-state index is 0.322. The second-order valence-electron chi connectivity index (χ2n) is 3.50. The molecule has 1 heterocycles. The molecule has 0 aliphatic heterocycles. The Morgan fingerprint density at radius 1 is 1.50 bits per heavy atom. The molecule has 1 aromatic rings. The van der Waals surface area contributed by atoms with Gasteiger partial charge in [-0.15, -0.1) is 0 Å². The number of hydrogen-bond donors (Lipinski definition) is 2. The number of imidazole rings is 1. The highest BCUT2D eigenvalue weighted by molar-refractivity contribution is 4.93. The molecule has 12 heavy (non-hydrogen) atoms. The number of aromatic nitrogens is 2. The molecule has 0 radical (unpaired) electrons. The van der Waals surface area contributed by atoms with Gasteiger partial charge in [-0.3, -0.25) is 0 Å². The van der Waals surface area contributed by atoms with E-state index in [0.717, 1.165) is 12.4 Å². The lowest BCUT2D eigenvalue weighted by atomic mass is 10.2. The summed E-state index contributed by atoms with van der Waals surface area (Å²) in [5, 5.41) is 3.39. The molecule has 3 nitrogen and oxygen atoms in total. The Hall–Kier alpha value is -0.830. The normalized spacial score (nSPS) is 13.7. The third-order valence-electron chi connectivity index (χ3n) is 1.76. The topological polar surface area (TPSA) is 40.7 Å². The molecule has 1 unspecified atom stereocenters. The van der Waals surface area contributed by atoms with Crippen molar-refractivity contribution in [1.29, 1.82) is 0 Å². The molecule has 2 N–H and O–H groups in total. The predicted octanol–water partition coefficient (Wildman–Crippen LogP) is 1.72. The van der Waals surface area contributed by atoms with Gasteiger partial charge in [-0.2, -0.15) is 0 Å². The second kappa shape index (κ2) is 4.26. The van der Waals surface area contributed by atoms with E-state index in [-0.39, 0.29) is 0 Å². The molecule has 68 valence electrons. The van der Waals surface area contributed by atoms with Crippen LogP contribution in [0.3, 0.4) is 0 Å². The lowest BCUT2D eigenvalue weighted by Gasteiger charge is -2.12. The molecule has 0 amide bonds. The number of aromatic amines is 1. The Morgan fingerprint density at radius 2 is 2.25 bits per heavy atom. The Morgan fingerprint density at radius 3 is 2.75 bits per heavy atom. The highest BCUT2D eigenvalue weighted by Crippen LogP contribution is 2.05. The van der Waals surface area contributed by atoms with Crippen LogP contribution in [0.15, 0.2) is 12.4 Å². The van der Waals surface area contributed by atoms with Crippen LogP contribution in [-0.4, -0.2) is 16.5 Å². The Bertz CT molecular complexity index is 204. The molecule has 0 bridgehead atoms. The summed E-state index contributed by atoms with van der Waals surface area (Å²) in [6.45, 7) is 7.53. The van der Waals surface area contributed by atoms with E-state index in [0.29, 0.717) is 12.0 Å². The van der Waals surface area contributed by atoms with Gasteiger partial charge in [0.1, 0.15) is 5.82 Å². The number of rotatable bonds is 4. The van der Waals surface area contributed by atoms with Crippen molar-refractivity contribution in [2.24, 2.45) is 5.92 Å². The summed E-state index contributed by atoms with van der Waals surface area (Å²) in [5.41, 5.74) is 0. The quantitative estimate of drug-likeness (QED) is 0.716. The summed E-state index contributed by atoms with van der Waals surface area (Å²) in [4.78, 5) is 7.26. The maximum Gasteiger partial charge on any atom is 0.122 e. The summed E-state index contributed by atoms with van der Waals surface area (Å²) in [7, 11) is 0. The molecular weight excluding hydrogens is 150 g/mol. The molecule has 1 aromatic heterocycles. The van der Waals surface area contributed by atoms with Crippen LogP contribution in [-0.2, 0) is 0 Å². The van der Waals surface area contributed by atoms with Gasteiger partial charge in [0, 0.05) is 12.4 Å². The van der Waals surface area contributed by atoms with Gasteiger partial charge in [0.05, 0.1) is 6.04 Å². The first kappa shape index (κ1) is 9.26. The highest BCUT2D eigenvalue weighted by Gasteiger charge is 2.06. The third-order valence-corrected chi connectivity index (χ3v) is 1.76. The summed E-state index contributed by atoms with van der Waals surface area (Å²) in [6.07, 6.45) is 3.63. The van der Waals surface area contributed by atoms with Crippen molar-refractivity contribution in [2.45, 2.75) is 26.8 Å². The van der Waals surface area contributed by atoms with Gasteiger partial charge in [-0.1, -0.05) is 13.8 Å². The van der Waals surface area contributed by atoms with E-state index < -0.39 is 0 Å². The lowest BCUT2D eigenvalue weighted by Crippen LogP contribution is -2.23. The fourth-order valence-corrected chi connectivity index (χ4v) is 1.02. The van der Waals surface area contributed by atoms with E-state index in [2.05, 4.69) is 36.1 Å². The molecule has 0 saturated carbocycles. The van der Waals surface area contributed by atoms with Crippen molar-refractivity contribution < 1.29 is 0 Å². The lowest BCUT2D eigenvalue weighted by molar-refractivity contribution is 0.484. The van der Waals surface area contributed by atoms with E-state index in [4.69, 9.17) is 0 Å². The predicted molar refractivity (Wildman–Crippen MR) is 49.8 cm³/mol. The Labute approximate surface area is 73.6 Å². The van der Waals surface area contributed by atoms with Crippen LogP contribution in [0.25, 0.3) is 0 Å². The van der Waals surface area contributed by atoms with E-state index in [9.17, 15) is 0 Å². The van der Waals surface area contributed by atoms with Crippen molar-refractivity contribution in [3.05, 3.63) is 18.2 Å². The minimum Gasteiger partial charge on any atom is -0.347 e. The Kier molecular flexibility index (Phi) is 3.29. The molecule has 1 atom stereocenters. The average molecular weight is 167 g/mol. The third kappa shape index (κ3) is 2.66. The molecule has 0 saturated heterocycles. The van der Waals surface area contributed by atoms with Gasteiger partial charge in [0.2, 0.25) is 0 Å². The molecule has 0 aromatic carbocycles. The number of nitrogens with one attached hydrogen (secondary N) is 2. The van der Waals surface area contributed by atoms with Gasteiger partial charge in [-0.05, 0) is 19.4 Å². The van der Waals surface area contributed by atoms with Crippen LogP contribution >= 0.6 is 0 Å². The van der Waals surface area contributed by atoms with Crippen molar-refractivity contribution in [1.82, 2.24) is 15.3 Å². The molecule has 0 aliphatic rings. The fraction of sp³-hybridized carbons (Fsp3) is 0.667. The van der Waals surface area contributed by atoms with Crippen LogP contribution in [0.2, 0.25) is 0 Å². The number of nitrogens with zero attached hydrogens (tertiary/aromatic N) is 1. The van der Waals surface area contributed by atoms with Crippen molar-refractivity contribution in [3.63, 3.8) is 0 Å². The number of H-pyrrole nitrogens is 1. The first-order valence-electron chi connectivity index (χ1n) is 4.43. The molecular formula is C9H17N3. The summed E-state index contributed by atoms with van der Waals surface area (Å²) >= 11 is 0. The van der Waals surface area contributed by atoms with Gasteiger partial charge in [0.25, 0.3) is 0 Å². The standard InChI is InChI=1S/C9H17N3/c1-7(2)6-12-8(3)9-10-4-5-11-9/h4-5,7-8,12H,6H2,1-3H3,(H,10,11). The van der Waals surface area contributed by atoms with E-state index in [1.807, 2.05) is 6.20 Å². The number of hydrogen-bond acceptors (Lipinski definition) is 2. The minimum atomic E-state index is 0.322. The smallest absolute Gasteiger partial charge is 0.122 e. The van der Waals surface area contributed by atoms with Crippen molar-refractivity contribution >= 4 is 0 Å². The van der Waals surface area contributed by atoms with Gasteiger partial charge in [-0.25, -0.2) is 4.98 Å². The maximum absolute atomic E-state index is 4.18. The van der Waals surface area contributed by atoms with Crippen LogP contribution < -0.4 is 5.32 Å². The SMILES string of the molecule is CC(C)CNC(C)c1ncc[nH]1. The van der Waals surface area contributed by atoms with Crippen LogP contribution in [0, 0.1) is 5.92 Å². The first-order chi connectivity index (χ1) is 5.70. The molecule has 1 rings (SSSR count). The summed E-state index contributed by atoms with van der Waals surface area (Å²) < 4.78 is 0. The van der Waals surface area contributed by atoms with Gasteiger partial charge in [0.15, 0.2) is 0 Å². The molecule has 0 fully saturated rings. The van der Waals surface area contributed by atoms with Crippen LogP contribution in [0.5, 0.6) is 0 Å². The van der Waals surface area contributed by atoms with Crippen molar-refractivity contribution in [2.75, 3.05) is 6.54 Å². The largest absolute Gasteiger partial charge is 0.347 e. The summed E-state index contributed by atoms with van der Waals surface area (Å²) in [5.74, 6) is 1.69. The van der Waals surface area contributed by atoms with E-state index >= 15 is 0 Å². The molecule has 3 heteroatoms. The zero-order valence-electron chi connectivity index (χ0n) is 7.96. The van der Waals surface area contributed by atoms with E-state index in [1.165, 1.54) is 0 Å². The zero-order valence-corrected chi connectivity index (χ0v) is 7.96. The maximum atomic E-state index is 4.18. The van der Waals surface area contributed by atoms with Crippen LogP contribution in [0.1, 0.15) is 32.6 Å². The molecule has 0 aliphatic carbocycles. The van der Waals surface area contributed by atoms with Gasteiger partial charge >= 0.3 is 0 Å². The Balaban J connectivity index is 2.34. The van der Waals surface area contributed by atoms with E-state index in [1.54, 1.807) is 6.20 Å².